The Morgan fingerprint density at radius 1 is 1.12 bits per heavy atom. The maximum Gasteiger partial charge on any atom is 0.0205 e. The average Bonchev–Trinajstić information content (AvgIpc) is 2.38. The molecule has 0 saturated heterocycles. The Morgan fingerprint density at radius 2 is 1.94 bits per heavy atom. The zero-order valence-corrected chi connectivity index (χ0v) is 12.4. The number of rotatable bonds is 5. The van der Waals surface area contributed by atoms with E-state index in [4.69, 9.17) is 0 Å². The molecule has 0 unspecified atom stereocenters. The molecule has 1 nitrogen and oxygen atoms in total. The smallest absolute Gasteiger partial charge is 0.0205 e. The first-order valence-electron chi connectivity index (χ1n) is 6.48. The van der Waals surface area contributed by atoms with Crippen molar-refractivity contribution >= 4 is 22.6 Å². The van der Waals surface area contributed by atoms with Crippen LogP contribution >= 0.6 is 22.6 Å². The average molecular weight is 341 g/mol. The van der Waals surface area contributed by atoms with E-state index < -0.39 is 0 Å². The van der Waals surface area contributed by atoms with Crippen LogP contribution in [0.2, 0.25) is 0 Å². The van der Waals surface area contributed by atoms with E-state index in [0.29, 0.717) is 0 Å². The molecule has 17 heavy (non-hydrogen) atoms. The fraction of sp³-hybridized carbons (Fsp3) is 0.467. The molecule has 0 aromatic heterocycles. The maximum atomic E-state index is 3.53. The van der Waals surface area contributed by atoms with Gasteiger partial charge in [0.1, 0.15) is 0 Å². The highest BCUT2D eigenvalue weighted by Crippen LogP contribution is 2.19. The first-order valence-corrected chi connectivity index (χ1v) is 7.55. The molecule has 0 spiro atoms. The van der Waals surface area contributed by atoms with Crippen molar-refractivity contribution in [1.29, 1.82) is 0 Å². The molecule has 1 aliphatic carbocycles. The predicted octanol–water partition coefficient (Wildman–Crippen LogP) is 4.27. The number of hydrogen-bond acceptors (Lipinski definition) is 1. The van der Waals surface area contributed by atoms with Crippen molar-refractivity contribution in [2.45, 2.75) is 38.6 Å². The van der Waals surface area contributed by atoms with E-state index in [1.54, 1.807) is 5.57 Å². The molecule has 2 rings (SSSR count). The summed E-state index contributed by atoms with van der Waals surface area (Å²) in [5, 5.41) is 3.53. The van der Waals surface area contributed by atoms with Crippen LogP contribution in [0.15, 0.2) is 35.9 Å². The second-order valence-corrected chi connectivity index (χ2v) is 5.91. The summed E-state index contributed by atoms with van der Waals surface area (Å²) < 4.78 is 1.30. The zero-order valence-electron chi connectivity index (χ0n) is 10.2. The molecular formula is C15H20IN. The number of halogens is 1. The van der Waals surface area contributed by atoms with Gasteiger partial charge in [0, 0.05) is 10.1 Å². The Balaban J connectivity index is 1.66. The standard InChI is InChI=1S/C15H20IN/c16-15-8-6-14(7-9-15)12-17-11-10-13-4-2-1-3-5-13/h4,6-9,17H,1-3,5,10-12H2. The molecule has 0 saturated carbocycles. The Morgan fingerprint density at radius 3 is 2.65 bits per heavy atom. The van der Waals surface area contributed by atoms with E-state index in [1.807, 2.05) is 0 Å². The summed E-state index contributed by atoms with van der Waals surface area (Å²) in [7, 11) is 0. The lowest BCUT2D eigenvalue weighted by atomic mass is 9.97. The SMILES string of the molecule is Ic1ccc(CNCCC2=CCCCC2)cc1. The first kappa shape index (κ1) is 13.1. The van der Waals surface area contributed by atoms with Crippen LogP contribution in [-0.2, 0) is 6.54 Å². The third kappa shape index (κ3) is 4.80. The van der Waals surface area contributed by atoms with Crippen molar-refractivity contribution in [2.75, 3.05) is 6.54 Å². The summed E-state index contributed by atoms with van der Waals surface area (Å²) in [6.07, 6.45) is 9.07. The summed E-state index contributed by atoms with van der Waals surface area (Å²) in [6, 6.07) is 8.74. The van der Waals surface area contributed by atoms with Crippen LogP contribution in [0.25, 0.3) is 0 Å². The normalized spacial score (nSPS) is 15.7. The minimum atomic E-state index is 0.990. The number of hydrogen-bond donors (Lipinski definition) is 1. The van der Waals surface area contributed by atoms with Crippen LogP contribution in [0.3, 0.4) is 0 Å². The van der Waals surface area contributed by atoms with Gasteiger partial charge in [-0.2, -0.15) is 0 Å². The van der Waals surface area contributed by atoms with Gasteiger partial charge >= 0.3 is 0 Å². The molecule has 0 radical (unpaired) electrons. The van der Waals surface area contributed by atoms with Crippen molar-refractivity contribution in [2.24, 2.45) is 0 Å². The van der Waals surface area contributed by atoms with Crippen LogP contribution in [-0.4, -0.2) is 6.54 Å². The lowest BCUT2D eigenvalue weighted by Crippen LogP contribution is -2.15. The molecule has 1 aromatic rings. The minimum absolute atomic E-state index is 0.990. The van der Waals surface area contributed by atoms with Gasteiger partial charge in [-0.05, 0) is 78.9 Å². The van der Waals surface area contributed by atoms with Crippen molar-refractivity contribution in [3.05, 3.63) is 45.0 Å². The molecule has 1 N–H and O–H groups in total. The first-order chi connectivity index (χ1) is 8.34. The predicted molar refractivity (Wildman–Crippen MR) is 82.0 cm³/mol. The van der Waals surface area contributed by atoms with Crippen molar-refractivity contribution in [3.63, 3.8) is 0 Å². The van der Waals surface area contributed by atoms with Gasteiger partial charge in [-0.25, -0.2) is 0 Å². The quantitative estimate of drug-likeness (QED) is 0.479. The Bertz CT molecular complexity index is 367. The Hall–Kier alpha value is -0.350. The molecule has 0 aliphatic heterocycles. The fourth-order valence-corrected chi connectivity index (χ4v) is 2.58. The molecule has 1 aromatic carbocycles. The van der Waals surface area contributed by atoms with Gasteiger partial charge in [0.25, 0.3) is 0 Å². The maximum absolute atomic E-state index is 3.53. The van der Waals surface area contributed by atoms with Crippen LogP contribution < -0.4 is 5.32 Å². The monoisotopic (exact) mass is 341 g/mol. The topological polar surface area (TPSA) is 12.0 Å². The molecule has 1 aliphatic rings. The van der Waals surface area contributed by atoms with E-state index in [0.717, 1.165) is 13.1 Å². The van der Waals surface area contributed by atoms with Gasteiger partial charge in [0.15, 0.2) is 0 Å². The molecule has 0 fully saturated rings. The lowest BCUT2D eigenvalue weighted by molar-refractivity contribution is 0.632. The van der Waals surface area contributed by atoms with Crippen LogP contribution in [0.4, 0.5) is 0 Å². The number of allylic oxidation sites excluding steroid dienone is 1. The van der Waals surface area contributed by atoms with Crippen LogP contribution in [0, 0.1) is 3.57 Å². The summed E-state index contributed by atoms with van der Waals surface area (Å²) in [5.41, 5.74) is 3.04. The lowest BCUT2D eigenvalue weighted by Gasteiger charge is -2.12. The molecule has 92 valence electrons. The van der Waals surface area contributed by atoms with E-state index >= 15 is 0 Å². The van der Waals surface area contributed by atoms with Crippen molar-refractivity contribution in [3.8, 4) is 0 Å². The van der Waals surface area contributed by atoms with Gasteiger partial charge in [-0.3, -0.25) is 0 Å². The van der Waals surface area contributed by atoms with E-state index in [2.05, 4.69) is 58.2 Å². The van der Waals surface area contributed by atoms with Crippen LogP contribution in [0.1, 0.15) is 37.7 Å². The largest absolute Gasteiger partial charge is 0.312 e. The van der Waals surface area contributed by atoms with Gasteiger partial charge in [0.2, 0.25) is 0 Å². The summed E-state index contributed by atoms with van der Waals surface area (Å²) in [5.74, 6) is 0. The molecule has 2 heteroatoms. The third-order valence-corrected chi connectivity index (χ3v) is 3.97. The summed E-state index contributed by atoms with van der Waals surface area (Å²) in [4.78, 5) is 0. The molecule has 0 heterocycles. The third-order valence-electron chi connectivity index (χ3n) is 3.25. The highest BCUT2D eigenvalue weighted by Gasteiger charge is 2.02. The second-order valence-electron chi connectivity index (χ2n) is 4.66. The van der Waals surface area contributed by atoms with E-state index in [9.17, 15) is 0 Å². The van der Waals surface area contributed by atoms with Gasteiger partial charge in [-0.1, -0.05) is 23.8 Å². The highest BCUT2D eigenvalue weighted by molar-refractivity contribution is 14.1. The van der Waals surface area contributed by atoms with E-state index in [-0.39, 0.29) is 0 Å². The van der Waals surface area contributed by atoms with Crippen molar-refractivity contribution in [1.82, 2.24) is 5.32 Å². The van der Waals surface area contributed by atoms with E-state index in [1.165, 1.54) is 41.2 Å². The fourth-order valence-electron chi connectivity index (χ4n) is 2.22. The summed E-state index contributed by atoms with van der Waals surface area (Å²) in [6.45, 7) is 2.10. The summed E-state index contributed by atoms with van der Waals surface area (Å²) >= 11 is 2.34. The van der Waals surface area contributed by atoms with Crippen LogP contribution in [0.5, 0.6) is 0 Å². The highest BCUT2D eigenvalue weighted by atomic mass is 127. The van der Waals surface area contributed by atoms with Gasteiger partial charge < -0.3 is 5.32 Å². The minimum Gasteiger partial charge on any atom is -0.312 e. The molecule has 0 amide bonds. The van der Waals surface area contributed by atoms with Crippen molar-refractivity contribution < 1.29 is 0 Å². The molecule has 0 atom stereocenters. The Labute approximate surface area is 118 Å². The Kier molecular flexibility index (Phi) is 5.52. The molecular weight excluding hydrogens is 321 g/mol. The second kappa shape index (κ2) is 7.17. The van der Waals surface area contributed by atoms with Gasteiger partial charge in [0.05, 0.1) is 0 Å². The molecule has 0 bridgehead atoms. The number of benzene rings is 1. The number of nitrogens with one attached hydrogen (secondary N) is 1. The van der Waals surface area contributed by atoms with Gasteiger partial charge in [-0.15, -0.1) is 0 Å². The zero-order chi connectivity index (χ0) is 11.9.